The summed E-state index contributed by atoms with van der Waals surface area (Å²) in [4.78, 5) is 14.8. The standard InChI is InChI=1S/C10H13N3O4S/c1-4-3-6(9(15)13-10(11)12)5(2)8(7(4)14)18(16)17/h3,5,14H,1-2H3,(H4,11,12,13,15). The van der Waals surface area contributed by atoms with Gasteiger partial charge in [0, 0.05) is 11.5 Å². The van der Waals surface area contributed by atoms with E-state index in [-0.39, 0.29) is 21.8 Å². The van der Waals surface area contributed by atoms with Crippen LogP contribution < -0.4 is 11.5 Å². The smallest absolute Gasteiger partial charge is 0.276 e. The van der Waals surface area contributed by atoms with E-state index in [0.29, 0.717) is 0 Å². The zero-order valence-corrected chi connectivity index (χ0v) is 10.7. The molecule has 0 spiro atoms. The number of aliphatic imine (C=N–C) groups is 1. The summed E-state index contributed by atoms with van der Waals surface area (Å²) in [5.74, 6) is -2.29. The van der Waals surface area contributed by atoms with E-state index in [2.05, 4.69) is 4.99 Å². The lowest BCUT2D eigenvalue weighted by atomic mass is 9.88. The van der Waals surface area contributed by atoms with Crippen molar-refractivity contribution in [3.05, 3.63) is 23.0 Å². The van der Waals surface area contributed by atoms with Crippen LogP contribution in [0.1, 0.15) is 13.8 Å². The molecule has 1 atom stereocenters. The highest BCUT2D eigenvalue weighted by atomic mass is 32.2. The highest BCUT2D eigenvalue weighted by Crippen LogP contribution is 2.26. The van der Waals surface area contributed by atoms with Crippen molar-refractivity contribution in [3.63, 3.8) is 0 Å². The Morgan fingerprint density at radius 3 is 2.44 bits per heavy atom. The van der Waals surface area contributed by atoms with Crippen molar-refractivity contribution in [2.24, 2.45) is 22.4 Å². The fourth-order valence-electron chi connectivity index (χ4n) is 1.62. The summed E-state index contributed by atoms with van der Waals surface area (Å²) in [6.07, 6.45) is 1.37. The number of carbonyl (C=O) groups is 1. The molecule has 0 aromatic carbocycles. The Morgan fingerprint density at radius 1 is 1.44 bits per heavy atom. The van der Waals surface area contributed by atoms with Gasteiger partial charge in [-0.15, -0.1) is 0 Å². The first kappa shape index (κ1) is 14.0. The maximum Gasteiger partial charge on any atom is 0.276 e. The van der Waals surface area contributed by atoms with Gasteiger partial charge in [-0.2, -0.15) is 13.4 Å². The van der Waals surface area contributed by atoms with Gasteiger partial charge in [-0.05, 0) is 18.6 Å². The topological polar surface area (TPSA) is 136 Å². The number of carbonyl (C=O) groups excluding carboxylic acids is 1. The molecule has 1 aliphatic rings. The lowest BCUT2D eigenvalue weighted by molar-refractivity contribution is -0.114. The number of allylic oxidation sites excluding steroid dienone is 3. The number of hydrogen-bond donors (Lipinski definition) is 3. The normalized spacial score (nSPS) is 19.3. The lowest BCUT2D eigenvalue weighted by Crippen LogP contribution is -2.28. The van der Waals surface area contributed by atoms with Gasteiger partial charge in [0.15, 0.2) is 5.96 Å². The first-order chi connectivity index (χ1) is 8.25. The average molecular weight is 271 g/mol. The van der Waals surface area contributed by atoms with Crippen molar-refractivity contribution in [3.8, 4) is 0 Å². The Balaban J connectivity index is 3.42. The van der Waals surface area contributed by atoms with Crippen LogP contribution in [-0.4, -0.2) is 30.3 Å². The van der Waals surface area contributed by atoms with Gasteiger partial charge in [-0.3, -0.25) is 4.79 Å². The lowest BCUT2D eigenvalue weighted by Gasteiger charge is -2.19. The van der Waals surface area contributed by atoms with Crippen LogP contribution in [0.4, 0.5) is 0 Å². The van der Waals surface area contributed by atoms with Crippen molar-refractivity contribution >= 4 is 27.0 Å². The van der Waals surface area contributed by atoms with Crippen molar-refractivity contribution in [2.75, 3.05) is 0 Å². The van der Waals surface area contributed by atoms with Gasteiger partial charge in [0.05, 0.1) is 0 Å². The fraction of sp³-hybridized carbons (Fsp3) is 0.300. The second-order valence-electron chi connectivity index (χ2n) is 3.79. The number of aliphatic hydroxyl groups excluding tert-OH is 1. The summed E-state index contributed by atoms with van der Waals surface area (Å²) in [5.41, 5.74) is 10.6. The largest absolute Gasteiger partial charge is 0.506 e. The van der Waals surface area contributed by atoms with E-state index >= 15 is 0 Å². The molecule has 0 fully saturated rings. The summed E-state index contributed by atoms with van der Waals surface area (Å²) in [5, 5.41) is 9.67. The molecule has 0 saturated heterocycles. The minimum absolute atomic E-state index is 0.109. The molecule has 1 rings (SSSR count). The number of amides is 1. The molecule has 8 heteroatoms. The van der Waals surface area contributed by atoms with E-state index in [4.69, 9.17) is 11.5 Å². The van der Waals surface area contributed by atoms with Crippen LogP contribution in [0.15, 0.2) is 28.0 Å². The quantitative estimate of drug-likeness (QED) is 0.326. The van der Waals surface area contributed by atoms with Crippen LogP contribution in [0, 0.1) is 5.92 Å². The minimum atomic E-state index is -2.63. The molecular formula is C10H13N3O4S. The SMILES string of the molecule is CC1=C(O)C(=S(=O)=O)C(C)C(C(=O)N=C(N)N)=C1. The Kier molecular flexibility index (Phi) is 3.92. The molecule has 0 aromatic rings. The Bertz CT molecular complexity index is 614. The number of aliphatic hydroxyl groups is 1. The Labute approximate surface area is 105 Å². The summed E-state index contributed by atoms with van der Waals surface area (Å²) >= 11 is 0. The molecular weight excluding hydrogens is 258 g/mol. The maximum absolute atomic E-state index is 11.7. The minimum Gasteiger partial charge on any atom is -0.506 e. The Morgan fingerprint density at radius 2 is 2.00 bits per heavy atom. The first-order valence-electron chi connectivity index (χ1n) is 4.97. The predicted molar refractivity (Wildman–Crippen MR) is 67.3 cm³/mol. The number of nitrogens with two attached hydrogens (primary N) is 2. The third-order valence-corrected chi connectivity index (χ3v) is 3.40. The zero-order chi connectivity index (χ0) is 14.0. The van der Waals surface area contributed by atoms with E-state index in [1.54, 1.807) is 0 Å². The zero-order valence-electron chi connectivity index (χ0n) is 9.84. The maximum atomic E-state index is 11.7. The summed E-state index contributed by atoms with van der Waals surface area (Å²) < 4.78 is 22.1. The van der Waals surface area contributed by atoms with Crippen LogP contribution in [-0.2, 0) is 15.1 Å². The molecule has 5 N–H and O–H groups in total. The van der Waals surface area contributed by atoms with Crippen molar-refractivity contribution < 1.29 is 18.3 Å². The van der Waals surface area contributed by atoms with Crippen LogP contribution >= 0.6 is 0 Å². The van der Waals surface area contributed by atoms with Gasteiger partial charge in [0.1, 0.15) is 10.6 Å². The predicted octanol–water partition coefficient (Wildman–Crippen LogP) is -0.754. The van der Waals surface area contributed by atoms with Crippen molar-refractivity contribution in [1.29, 1.82) is 0 Å². The number of hydrogen-bond acceptors (Lipinski definition) is 4. The second-order valence-corrected chi connectivity index (χ2v) is 4.70. The van der Waals surface area contributed by atoms with Crippen molar-refractivity contribution in [2.45, 2.75) is 13.8 Å². The molecule has 0 heterocycles. The molecule has 0 aliphatic heterocycles. The van der Waals surface area contributed by atoms with Gasteiger partial charge in [0.2, 0.25) is 10.3 Å². The van der Waals surface area contributed by atoms with Gasteiger partial charge in [0.25, 0.3) is 5.91 Å². The number of nitrogens with zero attached hydrogens (tertiary/aromatic N) is 1. The summed E-state index contributed by atoms with van der Waals surface area (Å²) in [6, 6.07) is 0. The Hall–Kier alpha value is -2.09. The third kappa shape index (κ3) is 2.59. The van der Waals surface area contributed by atoms with Crippen LogP contribution in [0.2, 0.25) is 0 Å². The van der Waals surface area contributed by atoms with Gasteiger partial charge < -0.3 is 16.6 Å². The van der Waals surface area contributed by atoms with E-state index in [0.717, 1.165) is 0 Å². The number of rotatable bonds is 1. The van der Waals surface area contributed by atoms with Crippen LogP contribution in [0.25, 0.3) is 0 Å². The molecule has 1 amide bonds. The highest BCUT2D eigenvalue weighted by molar-refractivity contribution is 7.73. The van der Waals surface area contributed by atoms with E-state index < -0.39 is 28.1 Å². The molecule has 98 valence electrons. The van der Waals surface area contributed by atoms with Gasteiger partial charge in [-0.25, -0.2) is 0 Å². The first-order valence-corrected chi connectivity index (χ1v) is 6.05. The van der Waals surface area contributed by atoms with Gasteiger partial charge >= 0.3 is 0 Å². The van der Waals surface area contributed by atoms with E-state index in [1.165, 1.54) is 19.9 Å². The summed E-state index contributed by atoms with van der Waals surface area (Å²) in [7, 11) is -2.63. The third-order valence-electron chi connectivity index (χ3n) is 2.50. The highest BCUT2D eigenvalue weighted by Gasteiger charge is 2.30. The fourth-order valence-corrected chi connectivity index (χ4v) is 2.35. The molecule has 1 unspecified atom stereocenters. The molecule has 0 saturated carbocycles. The molecule has 0 aromatic heterocycles. The molecule has 18 heavy (non-hydrogen) atoms. The molecule has 7 nitrogen and oxygen atoms in total. The number of guanidine groups is 1. The molecule has 0 bridgehead atoms. The second kappa shape index (κ2) is 5.05. The van der Waals surface area contributed by atoms with Crippen LogP contribution in [0.3, 0.4) is 0 Å². The molecule has 1 aliphatic carbocycles. The van der Waals surface area contributed by atoms with Crippen molar-refractivity contribution in [1.82, 2.24) is 0 Å². The van der Waals surface area contributed by atoms with Gasteiger partial charge in [-0.1, -0.05) is 6.92 Å². The monoisotopic (exact) mass is 271 g/mol. The van der Waals surface area contributed by atoms with E-state index in [9.17, 15) is 18.3 Å². The summed E-state index contributed by atoms with van der Waals surface area (Å²) in [6.45, 7) is 2.95. The average Bonchev–Trinajstić information content (AvgIpc) is 2.21. The van der Waals surface area contributed by atoms with E-state index in [1.807, 2.05) is 0 Å². The molecule has 0 radical (unpaired) electrons. The van der Waals surface area contributed by atoms with Crippen LogP contribution in [0.5, 0.6) is 0 Å².